The lowest BCUT2D eigenvalue weighted by atomic mass is 9.99. The molecule has 0 saturated carbocycles. The Morgan fingerprint density at radius 3 is 2.44 bits per heavy atom. The van der Waals surface area contributed by atoms with Crippen molar-refractivity contribution < 1.29 is 4.74 Å². The maximum atomic E-state index is 6.63. The first kappa shape index (κ1) is 22.1. The summed E-state index contributed by atoms with van der Waals surface area (Å²) in [6.45, 7) is 0. The first-order chi connectivity index (χ1) is 19.3. The van der Waals surface area contributed by atoms with Gasteiger partial charge in [-0.2, -0.15) is 0 Å². The fourth-order valence-electron chi connectivity index (χ4n) is 6.15. The van der Waals surface area contributed by atoms with Crippen LogP contribution in [0.25, 0.3) is 27.5 Å². The summed E-state index contributed by atoms with van der Waals surface area (Å²) in [5, 5.41) is 9.47. The third-order valence-electron chi connectivity index (χ3n) is 8.02. The van der Waals surface area contributed by atoms with Gasteiger partial charge in [-0.1, -0.05) is 72.8 Å². The number of allylic oxidation sites excluding steroid dienone is 3. The largest absolute Gasteiger partial charge is 0.467 e. The second kappa shape index (κ2) is 8.84. The first-order valence-electron chi connectivity index (χ1n) is 13.5. The van der Waals surface area contributed by atoms with Crippen molar-refractivity contribution in [3.8, 4) is 11.4 Å². The smallest absolute Gasteiger partial charge is 0.176 e. The lowest BCUT2D eigenvalue weighted by Crippen LogP contribution is -2.29. The van der Waals surface area contributed by atoms with E-state index >= 15 is 0 Å². The topological polar surface area (TPSA) is 41.5 Å². The van der Waals surface area contributed by atoms with Crippen LogP contribution in [0.4, 0.5) is 11.4 Å². The highest BCUT2D eigenvalue weighted by molar-refractivity contribution is 6.14. The van der Waals surface area contributed by atoms with Gasteiger partial charge in [0.1, 0.15) is 6.17 Å². The van der Waals surface area contributed by atoms with Crippen molar-refractivity contribution in [2.75, 3.05) is 10.2 Å². The van der Waals surface area contributed by atoms with Crippen molar-refractivity contribution in [3.05, 3.63) is 133 Å². The van der Waals surface area contributed by atoms with E-state index < -0.39 is 0 Å². The number of nitrogens with zero attached hydrogens (tertiary/aromatic N) is 2. The molecular weight excluding hydrogens is 480 g/mol. The van der Waals surface area contributed by atoms with Crippen LogP contribution in [0.1, 0.15) is 18.2 Å². The molecule has 5 aromatic rings. The number of anilines is 2. The molecule has 3 unspecified atom stereocenters. The lowest BCUT2D eigenvalue weighted by molar-refractivity contribution is 0.206. The van der Waals surface area contributed by atoms with Crippen LogP contribution in [0, 0.1) is 5.92 Å². The molecule has 39 heavy (non-hydrogen) atoms. The molecule has 0 fully saturated rings. The molecule has 3 aliphatic rings. The van der Waals surface area contributed by atoms with Crippen molar-refractivity contribution in [1.29, 1.82) is 0 Å². The molecule has 1 aromatic heterocycles. The summed E-state index contributed by atoms with van der Waals surface area (Å²) in [6.07, 6.45) is 13.8. The molecule has 0 saturated heterocycles. The monoisotopic (exact) mass is 508 g/mol. The van der Waals surface area contributed by atoms with Crippen molar-refractivity contribution in [2.24, 2.45) is 5.92 Å². The molecule has 0 bridgehead atoms. The van der Waals surface area contributed by atoms with Crippen molar-refractivity contribution >= 4 is 33.2 Å². The standard InChI is InChI=1S/C34H28N4O/c1-3-9-23(10-4-1)33-35-21-22-37(33)25-15-17-26(18-16-25)38-29-14-8-7-13-27(29)31-30(38)20-19-28-32(31)39-34(36-28)24-11-5-2-6-12-24/h1-11,13-22,24,33-36H,12H2. The van der Waals surface area contributed by atoms with Gasteiger partial charge in [-0.05, 0) is 54.4 Å². The second-order valence-electron chi connectivity index (χ2n) is 10.3. The number of hydrogen-bond acceptors (Lipinski definition) is 4. The van der Waals surface area contributed by atoms with Gasteiger partial charge in [0, 0.05) is 35.1 Å². The Kier molecular flexibility index (Phi) is 5.02. The third-order valence-corrected chi connectivity index (χ3v) is 8.02. The minimum Gasteiger partial charge on any atom is -0.467 e. The van der Waals surface area contributed by atoms with Crippen LogP contribution in [-0.4, -0.2) is 10.8 Å². The van der Waals surface area contributed by atoms with Crippen molar-refractivity contribution in [2.45, 2.75) is 18.8 Å². The van der Waals surface area contributed by atoms with Crippen molar-refractivity contribution in [3.63, 3.8) is 0 Å². The summed E-state index contributed by atoms with van der Waals surface area (Å²) in [6, 6.07) is 32.4. The van der Waals surface area contributed by atoms with E-state index in [1.165, 1.54) is 16.5 Å². The minimum atomic E-state index is -0.0621. The highest BCUT2D eigenvalue weighted by Crippen LogP contribution is 2.46. The Hall–Kier alpha value is -4.90. The summed E-state index contributed by atoms with van der Waals surface area (Å²) in [5.74, 6) is 1.26. The number of para-hydroxylation sites is 1. The van der Waals surface area contributed by atoms with E-state index in [0.717, 1.165) is 40.1 Å². The van der Waals surface area contributed by atoms with Gasteiger partial charge >= 0.3 is 0 Å². The van der Waals surface area contributed by atoms with Crippen LogP contribution < -0.4 is 20.3 Å². The Bertz CT molecular complexity index is 1780. The number of aromatic nitrogens is 1. The van der Waals surface area contributed by atoms with E-state index in [1.807, 2.05) is 6.20 Å². The quantitative estimate of drug-likeness (QED) is 0.262. The third kappa shape index (κ3) is 3.54. The molecule has 2 N–H and O–H groups in total. The molecule has 3 heterocycles. The molecule has 5 nitrogen and oxygen atoms in total. The molecule has 0 radical (unpaired) electrons. The summed E-state index contributed by atoms with van der Waals surface area (Å²) in [7, 11) is 0. The molecule has 1 aliphatic carbocycles. The van der Waals surface area contributed by atoms with Gasteiger partial charge in [-0.15, -0.1) is 0 Å². The fourth-order valence-corrected chi connectivity index (χ4v) is 6.15. The van der Waals surface area contributed by atoms with Crippen LogP contribution in [-0.2, 0) is 0 Å². The molecule has 5 heteroatoms. The highest BCUT2D eigenvalue weighted by Gasteiger charge is 2.31. The van der Waals surface area contributed by atoms with Crippen molar-refractivity contribution in [1.82, 2.24) is 9.88 Å². The second-order valence-corrected chi connectivity index (χ2v) is 10.3. The van der Waals surface area contributed by atoms with Gasteiger partial charge in [0.25, 0.3) is 0 Å². The minimum absolute atomic E-state index is 0.0621. The number of benzene rings is 4. The number of rotatable bonds is 4. The van der Waals surface area contributed by atoms with E-state index in [2.05, 4.69) is 142 Å². The first-order valence-corrected chi connectivity index (χ1v) is 13.5. The molecule has 190 valence electrons. The van der Waals surface area contributed by atoms with Gasteiger partial charge < -0.3 is 24.8 Å². The van der Waals surface area contributed by atoms with E-state index in [9.17, 15) is 0 Å². The Morgan fingerprint density at radius 1 is 0.769 bits per heavy atom. The summed E-state index contributed by atoms with van der Waals surface area (Å²) < 4.78 is 8.98. The van der Waals surface area contributed by atoms with Crippen LogP contribution in [0.15, 0.2) is 128 Å². The predicted octanol–water partition coefficient (Wildman–Crippen LogP) is 7.63. The Morgan fingerprint density at radius 2 is 1.59 bits per heavy atom. The SMILES string of the molecule is C1=CCC(C2Nc3ccc4c(c3O2)c2ccccc2n4-c2ccc(N3C=CNC3c3ccccc3)cc2)C=C1. The molecule has 2 aliphatic heterocycles. The normalized spacial score (nSPS) is 21.2. The number of hydrogen-bond donors (Lipinski definition) is 2. The van der Waals surface area contributed by atoms with Gasteiger partial charge in [-0.3, -0.25) is 0 Å². The zero-order valence-electron chi connectivity index (χ0n) is 21.4. The summed E-state index contributed by atoms with van der Waals surface area (Å²) >= 11 is 0. The maximum Gasteiger partial charge on any atom is 0.176 e. The Balaban J connectivity index is 1.19. The molecule has 8 rings (SSSR count). The highest BCUT2D eigenvalue weighted by atomic mass is 16.5. The average molecular weight is 509 g/mol. The van der Waals surface area contributed by atoms with Gasteiger partial charge in [0.05, 0.1) is 22.1 Å². The van der Waals surface area contributed by atoms with Gasteiger partial charge in [0.2, 0.25) is 0 Å². The van der Waals surface area contributed by atoms with Crippen LogP contribution in [0.5, 0.6) is 5.75 Å². The lowest BCUT2D eigenvalue weighted by Gasteiger charge is -2.26. The zero-order valence-corrected chi connectivity index (χ0v) is 21.4. The summed E-state index contributed by atoms with van der Waals surface area (Å²) in [4.78, 5) is 2.27. The van der Waals surface area contributed by atoms with Crippen LogP contribution >= 0.6 is 0 Å². The van der Waals surface area contributed by atoms with Crippen LogP contribution in [0.2, 0.25) is 0 Å². The van der Waals surface area contributed by atoms with E-state index in [-0.39, 0.29) is 12.4 Å². The van der Waals surface area contributed by atoms with Crippen LogP contribution in [0.3, 0.4) is 0 Å². The zero-order chi connectivity index (χ0) is 25.8. The van der Waals surface area contributed by atoms with Gasteiger partial charge in [0.15, 0.2) is 12.0 Å². The Labute approximate surface area is 227 Å². The average Bonchev–Trinajstić information content (AvgIpc) is 3.74. The molecular formula is C34H28N4O. The number of fused-ring (bicyclic) bond motifs is 5. The number of nitrogens with one attached hydrogen (secondary N) is 2. The molecule has 0 spiro atoms. The predicted molar refractivity (Wildman–Crippen MR) is 159 cm³/mol. The maximum absolute atomic E-state index is 6.63. The molecule has 4 aromatic carbocycles. The van der Waals surface area contributed by atoms with Gasteiger partial charge in [-0.25, -0.2) is 0 Å². The summed E-state index contributed by atoms with van der Waals surface area (Å²) in [5.41, 5.74) is 6.88. The van der Waals surface area contributed by atoms with E-state index in [0.29, 0.717) is 5.92 Å². The molecule has 3 atom stereocenters. The number of ether oxygens (including phenoxy) is 1. The fraction of sp³-hybridized carbons (Fsp3) is 0.118. The molecule has 0 amide bonds. The van der Waals surface area contributed by atoms with E-state index in [1.54, 1.807) is 0 Å². The van der Waals surface area contributed by atoms with E-state index in [4.69, 9.17) is 4.74 Å².